The second-order valence-corrected chi connectivity index (χ2v) is 6.91. The molecule has 3 rings (SSSR count). The smallest absolute Gasteiger partial charge is 0.330 e. The van der Waals surface area contributed by atoms with Gasteiger partial charge >= 0.3 is 5.97 Å². The van der Waals surface area contributed by atoms with Gasteiger partial charge in [0.05, 0.1) is 6.61 Å². The second-order valence-electron chi connectivity index (χ2n) is 5.42. The molecule has 1 aliphatic heterocycles. The third-order valence-corrected chi connectivity index (χ3v) is 5.38. The fraction of sp³-hybridized carbons (Fsp3) is 0.353. The monoisotopic (exact) mass is 371 g/mol. The van der Waals surface area contributed by atoms with Crippen LogP contribution in [0.5, 0.6) is 0 Å². The summed E-state index contributed by atoms with van der Waals surface area (Å²) in [6.07, 6.45) is 4.34. The lowest BCUT2D eigenvalue weighted by Crippen LogP contribution is -2.18. The van der Waals surface area contributed by atoms with Crippen LogP contribution in [0.15, 0.2) is 18.2 Å². The minimum absolute atomic E-state index is 0. The number of nitrogens with zero attached hydrogens (tertiary/aromatic N) is 1. The third-order valence-electron chi connectivity index (χ3n) is 3.87. The number of rotatable bonds is 3. The Morgan fingerprint density at radius 2 is 2.22 bits per heavy atom. The average Bonchev–Trinajstić information content (AvgIpc) is 2.71. The predicted octanol–water partition coefficient (Wildman–Crippen LogP) is 4.54. The maximum absolute atomic E-state index is 11.6. The Balaban J connectivity index is 0.00000192. The highest BCUT2D eigenvalue weighted by Gasteiger charge is 2.20. The quantitative estimate of drug-likeness (QED) is 0.585. The molecule has 0 saturated carbocycles. The van der Waals surface area contributed by atoms with Gasteiger partial charge in [-0.15, -0.1) is 23.7 Å². The molecule has 0 bridgehead atoms. The molecule has 0 aliphatic carbocycles. The summed E-state index contributed by atoms with van der Waals surface area (Å²) < 4.78 is 6.19. The Kier molecular flexibility index (Phi) is 6.09. The first kappa shape index (κ1) is 18.3. The SMILES string of the molecule is CCOC(=O)/C=C/c1sc2ccc(Cl)c3c2c1CN(C)CC3.Cl. The summed E-state index contributed by atoms with van der Waals surface area (Å²) >= 11 is 8.10. The molecule has 0 spiro atoms. The summed E-state index contributed by atoms with van der Waals surface area (Å²) in [5.74, 6) is -0.299. The molecule has 0 N–H and O–H groups in total. The molecule has 3 nitrogen and oxygen atoms in total. The van der Waals surface area contributed by atoms with Gasteiger partial charge in [-0.1, -0.05) is 11.6 Å². The fourth-order valence-corrected chi connectivity index (χ4v) is 4.24. The van der Waals surface area contributed by atoms with E-state index >= 15 is 0 Å². The summed E-state index contributed by atoms with van der Waals surface area (Å²) in [5.41, 5.74) is 2.49. The molecule has 1 aromatic carbocycles. The number of hydrogen-bond acceptors (Lipinski definition) is 4. The molecule has 1 aromatic heterocycles. The van der Waals surface area contributed by atoms with Crippen LogP contribution in [0.3, 0.4) is 0 Å². The van der Waals surface area contributed by atoms with Crippen molar-refractivity contribution >= 4 is 57.5 Å². The van der Waals surface area contributed by atoms with Gasteiger partial charge < -0.3 is 9.64 Å². The van der Waals surface area contributed by atoms with E-state index in [0.29, 0.717) is 6.61 Å². The molecule has 0 amide bonds. The van der Waals surface area contributed by atoms with Crippen molar-refractivity contribution in [3.8, 4) is 0 Å². The van der Waals surface area contributed by atoms with Crippen LogP contribution in [0, 0.1) is 0 Å². The minimum atomic E-state index is -0.299. The maximum Gasteiger partial charge on any atom is 0.330 e. The molecular weight excluding hydrogens is 353 g/mol. The van der Waals surface area contributed by atoms with E-state index < -0.39 is 0 Å². The minimum Gasteiger partial charge on any atom is -0.463 e. The van der Waals surface area contributed by atoms with E-state index in [2.05, 4.69) is 18.0 Å². The maximum atomic E-state index is 11.6. The number of hydrogen-bond donors (Lipinski definition) is 0. The molecule has 2 heterocycles. The van der Waals surface area contributed by atoms with Gasteiger partial charge in [0.1, 0.15) is 0 Å². The van der Waals surface area contributed by atoms with E-state index in [4.69, 9.17) is 16.3 Å². The number of halogens is 2. The molecule has 2 aromatic rings. The van der Waals surface area contributed by atoms with Crippen LogP contribution in [-0.2, 0) is 22.5 Å². The highest BCUT2D eigenvalue weighted by atomic mass is 35.5. The lowest BCUT2D eigenvalue weighted by atomic mass is 10.0. The zero-order chi connectivity index (χ0) is 15.7. The summed E-state index contributed by atoms with van der Waals surface area (Å²) in [4.78, 5) is 15.0. The predicted molar refractivity (Wildman–Crippen MR) is 99.8 cm³/mol. The number of likely N-dealkylation sites (N-methyl/N-ethyl adjacent to an activating group) is 1. The number of ether oxygens (including phenoxy) is 1. The topological polar surface area (TPSA) is 29.5 Å². The molecular formula is C17H19Cl2NO2S. The fourth-order valence-electron chi connectivity index (χ4n) is 2.84. The molecule has 0 fully saturated rings. The van der Waals surface area contributed by atoms with Crippen LogP contribution in [0.4, 0.5) is 0 Å². The van der Waals surface area contributed by atoms with Crippen molar-refractivity contribution in [2.75, 3.05) is 20.2 Å². The zero-order valence-electron chi connectivity index (χ0n) is 13.1. The number of carbonyl (C=O) groups excluding carboxylic acids is 1. The Labute approximate surface area is 151 Å². The lowest BCUT2D eigenvalue weighted by molar-refractivity contribution is -0.137. The number of esters is 1. The van der Waals surface area contributed by atoms with Crippen molar-refractivity contribution in [3.63, 3.8) is 0 Å². The van der Waals surface area contributed by atoms with E-state index in [9.17, 15) is 4.79 Å². The molecule has 1 aliphatic rings. The summed E-state index contributed by atoms with van der Waals surface area (Å²) in [6, 6.07) is 4.05. The number of carbonyl (C=O) groups is 1. The van der Waals surface area contributed by atoms with Gasteiger partial charge in [-0.25, -0.2) is 4.79 Å². The Morgan fingerprint density at radius 1 is 1.43 bits per heavy atom. The molecule has 0 atom stereocenters. The van der Waals surface area contributed by atoms with Gasteiger partial charge in [-0.2, -0.15) is 0 Å². The van der Waals surface area contributed by atoms with E-state index in [1.807, 2.05) is 19.1 Å². The van der Waals surface area contributed by atoms with Crippen molar-refractivity contribution in [1.29, 1.82) is 0 Å². The summed E-state index contributed by atoms with van der Waals surface area (Å²) in [7, 11) is 2.11. The van der Waals surface area contributed by atoms with Gasteiger partial charge in [0.15, 0.2) is 0 Å². The van der Waals surface area contributed by atoms with Gasteiger partial charge in [-0.3, -0.25) is 0 Å². The van der Waals surface area contributed by atoms with Crippen molar-refractivity contribution in [2.24, 2.45) is 0 Å². The average molecular weight is 372 g/mol. The van der Waals surface area contributed by atoms with Crippen LogP contribution in [-0.4, -0.2) is 31.1 Å². The van der Waals surface area contributed by atoms with Gasteiger partial charge in [0.2, 0.25) is 0 Å². The summed E-state index contributed by atoms with van der Waals surface area (Å²) in [6.45, 7) is 4.06. The second kappa shape index (κ2) is 7.67. The Hall–Kier alpha value is -1.07. The molecule has 0 saturated heterocycles. The van der Waals surface area contributed by atoms with Crippen LogP contribution in [0.2, 0.25) is 5.02 Å². The molecule has 124 valence electrons. The Bertz CT molecular complexity index is 755. The third kappa shape index (κ3) is 3.72. The largest absolute Gasteiger partial charge is 0.463 e. The molecule has 0 unspecified atom stereocenters. The van der Waals surface area contributed by atoms with Crippen molar-refractivity contribution < 1.29 is 9.53 Å². The van der Waals surface area contributed by atoms with Crippen molar-refractivity contribution in [1.82, 2.24) is 4.90 Å². The first-order chi connectivity index (χ1) is 10.6. The molecule has 0 radical (unpaired) electrons. The zero-order valence-corrected chi connectivity index (χ0v) is 15.5. The lowest BCUT2D eigenvalue weighted by Gasteiger charge is -2.13. The summed E-state index contributed by atoms with van der Waals surface area (Å²) in [5, 5.41) is 2.10. The van der Waals surface area contributed by atoms with Crippen molar-refractivity contribution in [2.45, 2.75) is 19.9 Å². The van der Waals surface area contributed by atoms with Crippen LogP contribution in [0.25, 0.3) is 16.2 Å². The van der Waals surface area contributed by atoms with Gasteiger partial charge in [0.25, 0.3) is 0 Å². The van der Waals surface area contributed by atoms with Crippen LogP contribution < -0.4 is 0 Å². The van der Waals surface area contributed by atoms with Gasteiger partial charge in [0, 0.05) is 39.2 Å². The molecule has 23 heavy (non-hydrogen) atoms. The Morgan fingerprint density at radius 3 is 2.96 bits per heavy atom. The highest BCUT2D eigenvalue weighted by Crippen LogP contribution is 2.39. The van der Waals surface area contributed by atoms with E-state index in [0.717, 1.165) is 29.4 Å². The first-order valence-corrected chi connectivity index (χ1v) is 8.55. The number of benzene rings is 1. The standard InChI is InChI=1S/C17H18ClNO2S.ClH/c1-3-21-16(20)7-6-14-12-10-19(2)9-8-11-13(18)4-5-15(22-14)17(11)12;/h4-7H,3,8-10H2,1-2H3;1H/b7-6+;. The van der Waals surface area contributed by atoms with E-state index in [1.165, 1.54) is 27.3 Å². The first-order valence-electron chi connectivity index (χ1n) is 7.36. The number of thiophene rings is 1. The van der Waals surface area contributed by atoms with Crippen LogP contribution >= 0.6 is 35.3 Å². The normalized spacial score (nSPS) is 14.7. The van der Waals surface area contributed by atoms with Crippen molar-refractivity contribution in [3.05, 3.63) is 39.2 Å². The van der Waals surface area contributed by atoms with E-state index in [-0.39, 0.29) is 18.4 Å². The molecule has 6 heteroatoms. The highest BCUT2D eigenvalue weighted by molar-refractivity contribution is 7.20. The van der Waals surface area contributed by atoms with Gasteiger partial charge in [-0.05, 0) is 49.7 Å². The van der Waals surface area contributed by atoms with E-state index in [1.54, 1.807) is 11.3 Å². The van der Waals surface area contributed by atoms with Crippen LogP contribution in [0.1, 0.15) is 22.9 Å².